The SMILES string of the molecule is CCc1nn(CCOC)c2c(Cl)nc(Cl)nc12. The molecule has 0 fully saturated rings. The van der Waals surface area contributed by atoms with Crippen LogP contribution in [0.5, 0.6) is 0 Å². The van der Waals surface area contributed by atoms with E-state index in [1.807, 2.05) is 6.92 Å². The molecule has 92 valence electrons. The highest BCUT2D eigenvalue weighted by atomic mass is 35.5. The lowest BCUT2D eigenvalue weighted by atomic mass is 10.3. The Kier molecular flexibility index (Phi) is 3.81. The van der Waals surface area contributed by atoms with Crippen LogP contribution >= 0.6 is 23.2 Å². The fraction of sp³-hybridized carbons (Fsp3) is 0.500. The van der Waals surface area contributed by atoms with Gasteiger partial charge >= 0.3 is 0 Å². The zero-order chi connectivity index (χ0) is 12.4. The molecular weight excluding hydrogens is 263 g/mol. The van der Waals surface area contributed by atoms with E-state index in [0.29, 0.717) is 29.3 Å². The lowest BCUT2D eigenvalue weighted by Gasteiger charge is -2.02. The minimum absolute atomic E-state index is 0.142. The largest absolute Gasteiger partial charge is 0.383 e. The maximum atomic E-state index is 6.08. The van der Waals surface area contributed by atoms with Gasteiger partial charge in [-0.05, 0) is 18.0 Å². The molecule has 7 heteroatoms. The van der Waals surface area contributed by atoms with Crippen molar-refractivity contribution in [1.82, 2.24) is 19.7 Å². The third-order valence-electron chi connectivity index (χ3n) is 2.43. The molecule has 0 atom stereocenters. The standard InChI is InChI=1S/C10H12Cl2N4O/c1-3-6-7-8(9(11)14-10(12)13-7)16(15-6)4-5-17-2/h3-5H2,1-2H3. The van der Waals surface area contributed by atoms with Crippen molar-refractivity contribution in [3.8, 4) is 0 Å². The fourth-order valence-electron chi connectivity index (χ4n) is 1.65. The van der Waals surface area contributed by atoms with Gasteiger partial charge in [-0.15, -0.1) is 0 Å². The van der Waals surface area contributed by atoms with E-state index in [1.54, 1.807) is 11.8 Å². The monoisotopic (exact) mass is 274 g/mol. The van der Waals surface area contributed by atoms with Crippen molar-refractivity contribution in [2.75, 3.05) is 13.7 Å². The van der Waals surface area contributed by atoms with Crippen molar-refractivity contribution in [1.29, 1.82) is 0 Å². The molecule has 0 saturated heterocycles. The van der Waals surface area contributed by atoms with E-state index >= 15 is 0 Å². The Morgan fingerprint density at radius 1 is 1.29 bits per heavy atom. The summed E-state index contributed by atoms with van der Waals surface area (Å²) in [5.41, 5.74) is 2.29. The Balaban J connectivity index is 2.60. The summed E-state index contributed by atoms with van der Waals surface area (Å²) in [5.74, 6) is 0. The minimum atomic E-state index is 0.142. The van der Waals surface area contributed by atoms with Crippen molar-refractivity contribution in [2.24, 2.45) is 0 Å². The molecule has 0 saturated carbocycles. The maximum absolute atomic E-state index is 6.08. The molecule has 0 amide bonds. The van der Waals surface area contributed by atoms with Gasteiger partial charge in [0.05, 0.1) is 18.8 Å². The van der Waals surface area contributed by atoms with Crippen LogP contribution in [0.3, 0.4) is 0 Å². The lowest BCUT2D eigenvalue weighted by molar-refractivity contribution is 0.184. The summed E-state index contributed by atoms with van der Waals surface area (Å²) < 4.78 is 6.79. The van der Waals surface area contributed by atoms with Crippen LogP contribution in [0.25, 0.3) is 11.0 Å². The van der Waals surface area contributed by atoms with E-state index in [0.717, 1.165) is 12.1 Å². The van der Waals surface area contributed by atoms with E-state index < -0.39 is 0 Å². The van der Waals surface area contributed by atoms with Crippen LogP contribution in [0.4, 0.5) is 0 Å². The highest BCUT2D eigenvalue weighted by molar-refractivity contribution is 6.35. The molecule has 0 aliphatic rings. The van der Waals surface area contributed by atoms with Gasteiger partial charge in [-0.1, -0.05) is 18.5 Å². The third-order valence-corrected chi connectivity index (χ3v) is 2.86. The molecule has 0 bridgehead atoms. The average Bonchev–Trinajstić information content (AvgIpc) is 2.64. The van der Waals surface area contributed by atoms with Gasteiger partial charge in [0.25, 0.3) is 0 Å². The van der Waals surface area contributed by atoms with Gasteiger partial charge in [0.1, 0.15) is 11.0 Å². The van der Waals surface area contributed by atoms with Crippen molar-refractivity contribution < 1.29 is 4.74 Å². The highest BCUT2D eigenvalue weighted by Gasteiger charge is 2.15. The van der Waals surface area contributed by atoms with Gasteiger partial charge in [-0.25, -0.2) is 9.97 Å². The summed E-state index contributed by atoms with van der Waals surface area (Å²) in [7, 11) is 1.64. The minimum Gasteiger partial charge on any atom is -0.383 e. The molecule has 0 unspecified atom stereocenters. The molecule has 2 aromatic heterocycles. The van der Waals surface area contributed by atoms with Crippen LogP contribution in [-0.4, -0.2) is 33.5 Å². The van der Waals surface area contributed by atoms with E-state index in [9.17, 15) is 0 Å². The first-order valence-corrected chi connectivity index (χ1v) is 6.00. The van der Waals surface area contributed by atoms with E-state index in [-0.39, 0.29) is 5.28 Å². The number of nitrogens with zero attached hydrogens (tertiary/aromatic N) is 4. The smallest absolute Gasteiger partial charge is 0.224 e. The third kappa shape index (κ3) is 2.36. The van der Waals surface area contributed by atoms with E-state index in [4.69, 9.17) is 27.9 Å². The van der Waals surface area contributed by atoms with Crippen molar-refractivity contribution >= 4 is 34.2 Å². The van der Waals surface area contributed by atoms with Gasteiger partial charge in [-0.3, -0.25) is 4.68 Å². The second-order valence-electron chi connectivity index (χ2n) is 3.50. The Labute approximate surface area is 109 Å². The number of hydrogen-bond acceptors (Lipinski definition) is 4. The number of rotatable bonds is 4. The van der Waals surface area contributed by atoms with Crippen LogP contribution in [0.2, 0.25) is 10.4 Å². The predicted molar refractivity (Wildman–Crippen MR) is 66.6 cm³/mol. The van der Waals surface area contributed by atoms with Gasteiger partial charge in [0.2, 0.25) is 5.28 Å². The Hall–Kier alpha value is -0.910. The summed E-state index contributed by atoms with van der Waals surface area (Å²) >= 11 is 11.9. The lowest BCUT2D eigenvalue weighted by Crippen LogP contribution is -2.06. The zero-order valence-corrected chi connectivity index (χ0v) is 11.1. The molecule has 0 N–H and O–H groups in total. The number of ether oxygens (including phenoxy) is 1. The second-order valence-corrected chi connectivity index (χ2v) is 4.19. The summed E-state index contributed by atoms with van der Waals surface area (Å²) in [6, 6.07) is 0. The topological polar surface area (TPSA) is 52.8 Å². The molecule has 2 aromatic rings. The molecule has 0 aromatic carbocycles. The molecule has 5 nitrogen and oxygen atoms in total. The Morgan fingerprint density at radius 2 is 2.06 bits per heavy atom. The number of hydrogen-bond donors (Lipinski definition) is 0. The van der Waals surface area contributed by atoms with Gasteiger partial charge < -0.3 is 4.74 Å². The molecule has 17 heavy (non-hydrogen) atoms. The summed E-state index contributed by atoms with van der Waals surface area (Å²) in [6.45, 7) is 3.17. The van der Waals surface area contributed by atoms with Gasteiger partial charge in [0, 0.05) is 7.11 Å². The molecule has 2 heterocycles. The number of aromatic nitrogens is 4. The van der Waals surface area contributed by atoms with Crippen LogP contribution in [0.1, 0.15) is 12.6 Å². The van der Waals surface area contributed by atoms with Gasteiger partial charge in [-0.2, -0.15) is 5.10 Å². The number of halogens is 2. The molecular formula is C10H12Cl2N4O. The predicted octanol–water partition coefficient (Wildman–Crippen LogP) is 2.34. The first-order chi connectivity index (χ1) is 8.17. The highest BCUT2D eigenvalue weighted by Crippen LogP contribution is 2.25. The molecule has 2 rings (SSSR count). The Morgan fingerprint density at radius 3 is 2.71 bits per heavy atom. The van der Waals surface area contributed by atoms with Crippen LogP contribution < -0.4 is 0 Å². The Bertz CT molecular complexity index is 541. The van der Waals surface area contributed by atoms with E-state index in [1.165, 1.54) is 0 Å². The second kappa shape index (κ2) is 5.16. The number of aryl methyl sites for hydroxylation is 1. The molecule has 0 radical (unpaired) electrons. The van der Waals surface area contributed by atoms with Crippen molar-refractivity contribution in [3.05, 3.63) is 16.1 Å². The first-order valence-electron chi connectivity index (χ1n) is 5.24. The fourth-order valence-corrected chi connectivity index (χ4v) is 2.13. The van der Waals surface area contributed by atoms with Crippen LogP contribution in [0.15, 0.2) is 0 Å². The maximum Gasteiger partial charge on any atom is 0.224 e. The number of fused-ring (bicyclic) bond motifs is 1. The number of methoxy groups -OCH3 is 1. The summed E-state index contributed by atoms with van der Waals surface area (Å²) in [5, 5.41) is 4.90. The van der Waals surface area contributed by atoms with Crippen LogP contribution in [0, 0.1) is 0 Å². The summed E-state index contributed by atoms with van der Waals surface area (Å²) in [4.78, 5) is 8.12. The normalized spacial score (nSPS) is 11.3. The van der Waals surface area contributed by atoms with Crippen molar-refractivity contribution in [3.63, 3.8) is 0 Å². The quantitative estimate of drug-likeness (QED) is 0.634. The zero-order valence-electron chi connectivity index (χ0n) is 9.57. The van der Waals surface area contributed by atoms with Crippen molar-refractivity contribution in [2.45, 2.75) is 19.9 Å². The molecule has 0 spiro atoms. The summed E-state index contributed by atoms with van der Waals surface area (Å²) in [6.07, 6.45) is 0.764. The molecule has 0 aliphatic heterocycles. The van der Waals surface area contributed by atoms with Crippen LogP contribution in [-0.2, 0) is 17.7 Å². The van der Waals surface area contributed by atoms with Gasteiger partial charge in [0.15, 0.2) is 5.15 Å². The van der Waals surface area contributed by atoms with E-state index in [2.05, 4.69) is 15.1 Å². The first kappa shape index (κ1) is 12.5. The average molecular weight is 275 g/mol. The molecule has 0 aliphatic carbocycles.